The molecule has 45 heavy (non-hydrogen) atoms. The number of rotatable bonds is 18. The van der Waals surface area contributed by atoms with Crippen LogP contribution in [0.25, 0.3) is 0 Å². The Morgan fingerprint density at radius 1 is 0.844 bits per heavy atom. The molecule has 0 saturated heterocycles. The van der Waals surface area contributed by atoms with Crippen LogP contribution >= 0.6 is 7.26 Å². The molecule has 2 atom stereocenters. The third-order valence-corrected chi connectivity index (χ3v) is 12.9. The third kappa shape index (κ3) is 9.32. The van der Waals surface area contributed by atoms with Crippen LogP contribution < -0.4 is 21.2 Å². The number of nitro groups is 1. The minimum absolute atomic E-state index is 0.0297. The molecule has 8 nitrogen and oxygen atoms in total. The summed E-state index contributed by atoms with van der Waals surface area (Å²) in [5.41, 5.74) is 0.510. The van der Waals surface area contributed by atoms with Crippen molar-refractivity contribution in [3.63, 3.8) is 0 Å². The number of carbonyl (C=O) groups is 1. The van der Waals surface area contributed by atoms with Gasteiger partial charge in [-0.3, -0.25) is 19.6 Å². The number of unbranched alkanes of at least 4 members (excludes halogenated alkanes) is 7. The Morgan fingerprint density at radius 2 is 1.38 bits per heavy atom. The molecule has 2 N–H and O–H groups in total. The van der Waals surface area contributed by atoms with Gasteiger partial charge in [0, 0.05) is 25.6 Å². The first-order chi connectivity index (χ1) is 21.8. The zero-order chi connectivity index (χ0) is 32.1. The first-order valence-corrected chi connectivity index (χ1v) is 18.0. The van der Waals surface area contributed by atoms with Gasteiger partial charge >= 0.3 is 0 Å². The van der Waals surface area contributed by atoms with Crippen LogP contribution in [-0.4, -0.2) is 37.9 Å². The molecular weight excluding hydrogens is 583 g/mol. The van der Waals surface area contributed by atoms with Crippen molar-refractivity contribution < 1.29 is 14.8 Å². The number of nitro benzene ring substituents is 1. The van der Waals surface area contributed by atoms with Gasteiger partial charge in [0.15, 0.2) is 0 Å². The number of nitrogens with zero attached hydrogens (tertiary/aromatic N) is 3. The summed E-state index contributed by atoms with van der Waals surface area (Å²) in [6.45, 7) is 1.74. The molecule has 4 rings (SSSR count). The van der Waals surface area contributed by atoms with Gasteiger partial charge in [0.1, 0.15) is 23.2 Å². The molecule has 3 aromatic carbocycles. The van der Waals surface area contributed by atoms with E-state index in [1.807, 2.05) is 11.7 Å². The predicted octanol–water partition coefficient (Wildman–Crippen LogP) is 6.37. The zero-order valence-corrected chi connectivity index (χ0v) is 27.3. The molecule has 0 spiro atoms. The van der Waals surface area contributed by atoms with Crippen LogP contribution in [0.3, 0.4) is 0 Å². The third-order valence-electron chi connectivity index (χ3n) is 8.48. The van der Waals surface area contributed by atoms with Crippen LogP contribution in [0.4, 0.5) is 5.69 Å². The number of aromatic nitrogens is 2. The van der Waals surface area contributed by atoms with Gasteiger partial charge in [-0.25, -0.2) is 0 Å². The van der Waals surface area contributed by atoms with E-state index >= 15 is 0 Å². The maximum Gasteiger partial charge on any atom is 0.269 e. The van der Waals surface area contributed by atoms with Gasteiger partial charge < -0.3 is 10.4 Å². The molecule has 0 unspecified atom stereocenters. The number of carbonyl (C=O) groups excluding carboxylic acids is 1. The van der Waals surface area contributed by atoms with E-state index in [9.17, 15) is 20.0 Å². The standard InChI is InChI=1S/C36H45N4O4P/c1-29(36(42)30-22-24-31(25-23-30)40(43)44)38-35(41)21-15-7-5-3-4-6-8-16-26-45(32-17-11-9-12-18-32,33-19-13-10-14-20-33)34-27-37-39(2)28-34/h9-14,17-20,22-25,27-29,36,42H,3-8,15-16,21,26H2,1-2H3/p+1/t29-,36+/m1/s1. The lowest BCUT2D eigenvalue weighted by Gasteiger charge is -2.26. The molecule has 9 heteroatoms. The van der Waals surface area contributed by atoms with Crippen molar-refractivity contribution in [2.24, 2.45) is 7.05 Å². The van der Waals surface area contributed by atoms with Crippen molar-refractivity contribution in [2.45, 2.75) is 76.9 Å². The molecule has 0 saturated carbocycles. The Morgan fingerprint density at radius 3 is 1.89 bits per heavy atom. The number of hydrogen-bond acceptors (Lipinski definition) is 5. The van der Waals surface area contributed by atoms with Crippen molar-refractivity contribution in [1.29, 1.82) is 0 Å². The van der Waals surface area contributed by atoms with Crippen molar-refractivity contribution >= 4 is 34.8 Å². The van der Waals surface area contributed by atoms with Gasteiger partial charge in [-0.1, -0.05) is 68.5 Å². The second-order valence-electron chi connectivity index (χ2n) is 11.8. The van der Waals surface area contributed by atoms with Gasteiger partial charge in [-0.2, -0.15) is 5.10 Å². The average molecular weight is 630 g/mol. The summed E-state index contributed by atoms with van der Waals surface area (Å²) in [6.07, 6.45) is 13.7. The van der Waals surface area contributed by atoms with Crippen molar-refractivity contribution in [2.75, 3.05) is 6.16 Å². The highest BCUT2D eigenvalue weighted by molar-refractivity contribution is 7.95. The van der Waals surface area contributed by atoms with Crippen LogP contribution in [0.2, 0.25) is 0 Å². The number of aliphatic hydroxyl groups is 1. The normalized spacial score (nSPS) is 12.9. The Kier molecular flexibility index (Phi) is 12.8. The Bertz CT molecular complexity index is 1440. The molecule has 4 aromatic rings. The van der Waals surface area contributed by atoms with Crippen LogP contribution in [0.1, 0.15) is 76.4 Å². The lowest BCUT2D eigenvalue weighted by molar-refractivity contribution is -0.384. The number of benzene rings is 3. The number of non-ortho nitro benzene ring substituents is 1. The molecule has 0 aliphatic carbocycles. The lowest BCUT2D eigenvalue weighted by Crippen LogP contribution is -2.36. The summed E-state index contributed by atoms with van der Waals surface area (Å²) in [7, 11) is 0.182. The van der Waals surface area contributed by atoms with Gasteiger partial charge in [-0.15, -0.1) is 0 Å². The summed E-state index contributed by atoms with van der Waals surface area (Å²) >= 11 is 0. The maximum atomic E-state index is 12.4. The van der Waals surface area contributed by atoms with E-state index in [1.54, 1.807) is 6.92 Å². The molecule has 1 heterocycles. The SMILES string of the molecule is C[C@@H](NC(=O)CCCCCCCCCC[P+](c1ccccc1)(c1ccccc1)c1cnn(C)c1)[C@H](O)c1ccc([N+](=O)[O-])cc1. The predicted molar refractivity (Wildman–Crippen MR) is 184 cm³/mol. The molecular formula is C36H46N4O4P+. The summed E-state index contributed by atoms with van der Waals surface area (Å²) < 4.78 is 1.92. The van der Waals surface area contributed by atoms with Gasteiger partial charge in [0.25, 0.3) is 5.69 Å². The number of aryl methyl sites for hydroxylation is 1. The summed E-state index contributed by atoms with van der Waals surface area (Å²) in [4.78, 5) is 22.8. The Labute approximate surface area is 267 Å². The van der Waals surface area contributed by atoms with Crippen molar-refractivity contribution in [3.8, 4) is 0 Å². The smallest absolute Gasteiger partial charge is 0.269 e. The number of nitrogens with one attached hydrogen (secondary N) is 1. The van der Waals surface area contributed by atoms with E-state index in [0.29, 0.717) is 12.0 Å². The first kappa shape index (κ1) is 34.0. The molecule has 1 amide bonds. The quantitative estimate of drug-likeness (QED) is 0.0575. The average Bonchev–Trinajstić information content (AvgIpc) is 3.50. The largest absolute Gasteiger partial charge is 0.386 e. The van der Waals surface area contributed by atoms with Crippen molar-refractivity contribution in [1.82, 2.24) is 15.1 Å². The molecule has 238 valence electrons. The van der Waals surface area contributed by atoms with E-state index < -0.39 is 24.3 Å². The second kappa shape index (κ2) is 17.0. The highest BCUT2D eigenvalue weighted by Gasteiger charge is 2.45. The second-order valence-corrected chi connectivity index (χ2v) is 15.4. The fraction of sp³-hybridized carbons (Fsp3) is 0.389. The highest BCUT2D eigenvalue weighted by atomic mass is 31.2. The maximum absolute atomic E-state index is 12.4. The van der Waals surface area contributed by atoms with Gasteiger partial charge in [-0.05, 0) is 68.1 Å². The molecule has 0 aliphatic rings. The zero-order valence-electron chi connectivity index (χ0n) is 26.4. The summed E-state index contributed by atoms with van der Waals surface area (Å²) in [6, 6.07) is 27.2. The van der Waals surface area contributed by atoms with Crippen LogP contribution in [0, 0.1) is 10.1 Å². The topological polar surface area (TPSA) is 110 Å². The fourth-order valence-electron chi connectivity index (χ4n) is 5.99. The molecule has 0 bridgehead atoms. The minimum Gasteiger partial charge on any atom is -0.386 e. The highest BCUT2D eigenvalue weighted by Crippen LogP contribution is 2.56. The summed E-state index contributed by atoms with van der Waals surface area (Å²) in [5, 5.41) is 32.9. The van der Waals surface area contributed by atoms with E-state index in [-0.39, 0.29) is 11.6 Å². The van der Waals surface area contributed by atoms with Gasteiger partial charge in [0.05, 0.1) is 35.6 Å². The van der Waals surface area contributed by atoms with Crippen molar-refractivity contribution in [3.05, 3.63) is 113 Å². The monoisotopic (exact) mass is 629 g/mol. The molecule has 0 fully saturated rings. The molecule has 1 aromatic heterocycles. The molecule has 0 aliphatic heterocycles. The first-order valence-electron chi connectivity index (χ1n) is 16.0. The summed E-state index contributed by atoms with van der Waals surface area (Å²) in [5.74, 6) is -0.0827. The number of aliphatic hydroxyl groups excluding tert-OH is 1. The van der Waals surface area contributed by atoms with E-state index in [1.165, 1.54) is 59.4 Å². The van der Waals surface area contributed by atoms with E-state index in [2.05, 4.69) is 83.5 Å². The van der Waals surface area contributed by atoms with Gasteiger partial charge in [0.2, 0.25) is 5.91 Å². The van der Waals surface area contributed by atoms with Crippen LogP contribution in [-0.2, 0) is 11.8 Å². The Balaban J connectivity index is 1.17. The van der Waals surface area contributed by atoms with E-state index in [0.717, 1.165) is 38.3 Å². The van der Waals surface area contributed by atoms with Crippen LogP contribution in [0.5, 0.6) is 0 Å². The minimum atomic E-state index is -1.81. The molecule has 0 radical (unpaired) electrons. The Hall–Kier alpha value is -3.87. The fourth-order valence-corrected chi connectivity index (χ4v) is 10.3. The van der Waals surface area contributed by atoms with E-state index in [4.69, 9.17) is 0 Å². The van der Waals surface area contributed by atoms with Crippen LogP contribution in [0.15, 0.2) is 97.3 Å². The number of hydrogen-bond donors (Lipinski definition) is 2. The number of amides is 1. The lowest BCUT2D eigenvalue weighted by atomic mass is 10.0.